The molecule has 0 bridgehead atoms. The van der Waals surface area contributed by atoms with Crippen LogP contribution in [0, 0.1) is 0 Å². The highest BCUT2D eigenvalue weighted by atomic mass is 32.2. The largest absolute Gasteiger partial charge is 0.497 e. The van der Waals surface area contributed by atoms with Gasteiger partial charge >= 0.3 is 5.97 Å². The number of ether oxygens (including phenoxy) is 2. The van der Waals surface area contributed by atoms with Crippen molar-refractivity contribution in [1.82, 2.24) is 5.32 Å². The molecule has 0 saturated carbocycles. The molecule has 0 aliphatic rings. The van der Waals surface area contributed by atoms with Gasteiger partial charge in [0, 0.05) is 11.4 Å². The first kappa shape index (κ1) is 20.7. The Hall–Kier alpha value is -2.99. The topological polar surface area (TPSA) is 64.6 Å². The molecule has 0 spiro atoms. The van der Waals surface area contributed by atoms with Crippen molar-refractivity contribution < 1.29 is 19.1 Å². The van der Waals surface area contributed by atoms with E-state index in [0.717, 1.165) is 27.0 Å². The van der Waals surface area contributed by atoms with Crippen LogP contribution < -0.4 is 10.1 Å². The third kappa shape index (κ3) is 5.99. The second-order valence-electron chi connectivity index (χ2n) is 6.50. The molecule has 0 radical (unpaired) electrons. The quantitative estimate of drug-likeness (QED) is 0.446. The average molecular weight is 410 g/mol. The van der Waals surface area contributed by atoms with Crippen molar-refractivity contribution >= 4 is 34.4 Å². The third-order valence-corrected chi connectivity index (χ3v) is 5.35. The van der Waals surface area contributed by atoms with Crippen LogP contribution in [0.3, 0.4) is 0 Å². The lowest BCUT2D eigenvalue weighted by molar-refractivity contribution is -0.152. The Bertz CT molecular complexity index is 988. The molecule has 0 fully saturated rings. The SMILES string of the molecule is COc1ccc(CNC(=O)[C@@H](C)OC(=O)CSc2ccc3ccccc3c2)cc1. The van der Waals surface area contributed by atoms with Gasteiger partial charge in [0.15, 0.2) is 6.10 Å². The Balaban J connectivity index is 1.44. The van der Waals surface area contributed by atoms with Crippen LogP contribution in [-0.2, 0) is 20.9 Å². The van der Waals surface area contributed by atoms with Gasteiger partial charge in [-0.1, -0.05) is 42.5 Å². The Kier molecular flexibility index (Phi) is 7.14. The van der Waals surface area contributed by atoms with Gasteiger partial charge in [-0.3, -0.25) is 9.59 Å². The number of hydrogen-bond donors (Lipinski definition) is 1. The minimum atomic E-state index is -0.849. The van der Waals surface area contributed by atoms with E-state index in [0.29, 0.717) is 6.54 Å². The molecule has 5 nitrogen and oxygen atoms in total. The van der Waals surface area contributed by atoms with Crippen LogP contribution in [0.2, 0.25) is 0 Å². The van der Waals surface area contributed by atoms with Crippen molar-refractivity contribution in [3.8, 4) is 5.75 Å². The molecule has 29 heavy (non-hydrogen) atoms. The molecule has 0 aliphatic carbocycles. The molecular weight excluding hydrogens is 386 g/mol. The summed E-state index contributed by atoms with van der Waals surface area (Å²) in [6.07, 6.45) is -0.849. The molecule has 6 heteroatoms. The van der Waals surface area contributed by atoms with E-state index in [4.69, 9.17) is 9.47 Å². The zero-order valence-corrected chi connectivity index (χ0v) is 17.2. The lowest BCUT2D eigenvalue weighted by atomic mass is 10.1. The first-order valence-corrected chi connectivity index (χ1v) is 10.3. The molecule has 3 aromatic carbocycles. The molecule has 1 atom stereocenters. The van der Waals surface area contributed by atoms with E-state index in [1.807, 2.05) is 66.7 Å². The Labute approximate surface area is 174 Å². The Morgan fingerprint density at radius 2 is 1.72 bits per heavy atom. The summed E-state index contributed by atoms with van der Waals surface area (Å²) in [5, 5.41) is 5.05. The summed E-state index contributed by atoms with van der Waals surface area (Å²) in [5.74, 6) is 0.153. The standard InChI is InChI=1S/C23H23NO4S/c1-16(23(26)24-14-17-7-10-20(27-2)11-8-17)28-22(25)15-29-21-12-9-18-5-3-4-6-19(18)13-21/h3-13,16H,14-15H2,1-2H3,(H,24,26)/t16-/m1/s1. The first-order valence-electron chi connectivity index (χ1n) is 9.27. The fourth-order valence-corrected chi connectivity index (χ4v) is 3.49. The highest BCUT2D eigenvalue weighted by molar-refractivity contribution is 8.00. The third-order valence-electron chi connectivity index (χ3n) is 4.38. The maximum Gasteiger partial charge on any atom is 0.317 e. The van der Waals surface area contributed by atoms with E-state index in [2.05, 4.69) is 5.32 Å². The Morgan fingerprint density at radius 3 is 2.45 bits per heavy atom. The second kappa shape index (κ2) is 9.98. The summed E-state index contributed by atoms with van der Waals surface area (Å²) in [6, 6.07) is 21.5. The molecule has 0 unspecified atom stereocenters. The van der Waals surface area contributed by atoms with Gasteiger partial charge in [0.05, 0.1) is 12.9 Å². The van der Waals surface area contributed by atoms with Crippen LogP contribution >= 0.6 is 11.8 Å². The molecule has 150 valence electrons. The summed E-state index contributed by atoms with van der Waals surface area (Å²) in [6.45, 7) is 1.93. The fraction of sp³-hybridized carbons (Fsp3) is 0.217. The van der Waals surface area contributed by atoms with Crippen LogP contribution in [-0.4, -0.2) is 30.8 Å². The molecule has 0 aromatic heterocycles. The van der Waals surface area contributed by atoms with Crippen molar-refractivity contribution in [3.05, 3.63) is 72.3 Å². The van der Waals surface area contributed by atoms with Crippen LogP contribution in [0.5, 0.6) is 5.75 Å². The smallest absolute Gasteiger partial charge is 0.317 e. The molecule has 0 heterocycles. The summed E-state index contributed by atoms with van der Waals surface area (Å²) in [4.78, 5) is 25.3. The molecule has 3 aromatic rings. The van der Waals surface area contributed by atoms with Crippen molar-refractivity contribution in [2.24, 2.45) is 0 Å². The molecular formula is C23H23NO4S. The number of thioether (sulfide) groups is 1. The van der Waals surface area contributed by atoms with Gasteiger partial charge in [0.25, 0.3) is 5.91 Å². The number of nitrogens with one attached hydrogen (secondary N) is 1. The van der Waals surface area contributed by atoms with Crippen LogP contribution in [0.1, 0.15) is 12.5 Å². The lowest BCUT2D eigenvalue weighted by Gasteiger charge is -2.13. The van der Waals surface area contributed by atoms with Gasteiger partial charge in [-0.05, 0) is 47.5 Å². The van der Waals surface area contributed by atoms with Crippen LogP contribution in [0.4, 0.5) is 0 Å². The van der Waals surface area contributed by atoms with Crippen molar-refractivity contribution in [3.63, 3.8) is 0 Å². The van der Waals surface area contributed by atoms with Crippen molar-refractivity contribution in [1.29, 1.82) is 0 Å². The van der Waals surface area contributed by atoms with E-state index in [1.54, 1.807) is 14.0 Å². The number of rotatable bonds is 8. The van der Waals surface area contributed by atoms with E-state index < -0.39 is 12.1 Å². The number of esters is 1. The number of hydrogen-bond acceptors (Lipinski definition) is 5. The fourth-order valence-electron chi connectivity index (χ4n) is 2.76. The van der Waals surface area contributed by atoms with Gasteiger partial charge in [0.1, 0.15) is 5.75 Å². The number of benzene rings is 3. The molecule has 0 aliphatic heterocycles. The minimum Gasteiger partial charge on any atom is -0.497 e. The highest BCUT2D eigenvalue weighted by Gasteiger charge is 2.17. The van der Waals surface area contributed by atoms with Gasteiger partial charge < -0.3 is 14.8 Å². The predicted molar refractivity (Wildman–Crippen MR) is 115 cm³/mol. The number of fused-ring (bicyclic) bond motifs is 1. The van der Waals surface area contributed by atoms with Gasteiger partial charge in [-0.2, -0.15) is 0 Å². The molecule has 1 amide bonds. The number of amides is 1. The minimum absolute atomic E-state index is 0.147. The molecule has 1 N–H and O–H groups in total. The van der Waals surface area contributed by atoms with Crippen molar-refractivity contribution in [2.75, 3.05) is 12.9 Å². The van der Waals surface area contributed by atoms with Crippen LogP contribution in [0.25, 0.3) is 10.8 Å². The van der Waals surface area contributed by atoms with Crippen LogP contribution in [0.15, 0.2) is 71.6 Å². The number of carbonyl (C=O) groups excluding carboxylic acids is 2. The first-order chi connectivity index (χ1) is 14.0. The Morgan fingerprint density at radius 1 is 1.00 bits per heavy atom. The molecule has 0 saturated heterocycles. The summed E-state index contributed by atoms with van der Waals surface area (Å²) < 4.78 is 10.4. The zero-order valence-electron chi connectivity index (χ0n) is 16.4. The summed E-state index contributed by atoms with van der Waals surface area (Å²) in [5.41, 5.74) is 0.935. The monoisotopic (exact) mass is 409 g/mol. The second-order valence-corrected chi connectivity index (χ2v) is 7.54. The van der Waals surface area contributed by atoms with E-state index in [-0.39, 0.29) is 11.7 Å². The maximum absolute atomic E-state index is 12.2. The van der Waals surface area contributed by atoms with Crippen molar-refractivity contribution in [2.45, 2.75) is 24.5 Å². The number of methoxy groups -OCH3 is 1. The van der Waals surface area contributed by atoms with Gasteiger partial charge in [0.2, 0.25) is 0 Å². The lowest BCUT2D eigenvalue weighted by Crippen LogP contribution is -2.35. The number of carbonyl (C=O) groups is 2. The summed E-state index contributed by atoms with van der Waals surface area (Å²) in [7, 11) is 1.60. The molecule has 3 rings (SSSR count). The van der Waals surface area contributed by atoms with E-state index in [1.165, 1.54) is 11.8 Å². The van der Waals surface area contributed by atoms with E-state index in [9.17, 15) is 9.59 Å². The predicted octanol–water partition coefficient (Wildman–Crippen LogP) is 4.19. The highest BCUT2D eigenvalue weighted by Crippen LogP contribution is 2.23. The van der Waals surface area contributed by atoms with Gasteiger partial charge in [-0.25, -0.2) is 0 Å². The van der Waals surface area contributed by atoms with Gasteiger partial charge in [-0.15, -0.1) is 11.8 Å². The van der Waals surface area contributed by atoms with E-state index >= 15 is 0 Å². The average Bonchev–Trinajstić information content (AvgIpc) is 2.76. The zero-order chi connectivity index (χ0) is 20.6. The maximum atomic E-state index is 12.2. The normalized spacial score (nSPS) is 11.7. The summed E-state index contributed by atoms with van der Waals surface area (Å²) >= 11 is 1.39.